The van der Waals surface area contributed by atoms with Crippen molar-refractivity contribution < 1.29 is 0 Å². The summed E-state index contributed by atoms with van der Waals surface area (Å²) in [5, 5.41) is 3.67. The summed E-state index contributed by atoms with van der Waals surface area (Å²) in [6.07, 6.45) is 12.3. The zero-order valence-electron chi connectivity index (χ0n) is 9.99. The maximum atomic E-state index is 3.67. The zero-order valence-corrected chi connectivity index (χ0v) is 9.99. The topological polar surface area (TPSA) is 15.3 Å². The Hall–Kier alpha value is -0.600. The van der Waals surface area contributed by atoms with Gasteiger partial charge < -0.3 is 5.32 Å². The first-order valence-electron chi connectivity index (χ1n) is 6.73. The lowest BCUT2D eigenvalue weighted by atomic mass is 9.94. The molecule has 3 aliphatic rings. The second kappa shape index (κ2) is 4.72. The Bertz CT molecular complexity index is 292. The minimum atomic E-state index is 0.780. The predicted octanol–water partition coefficient (Wildman–Crippen LogP) is 1.95. The summed E-state index contributed by atoms with van der Waals surface area (Å²) < 4.78 is 0. The van der Waals surface area contributed by atoms with Crippen molar-refractivity contribution in [3.05, 3.63) is 23.8 Å². The molecule has 0 aromatic heterocycles. The molecule has 0 aromatic carbocycles. The molecule has 2 nitrogen and oxygen atoms in total. The van der Waals surface area contributed by atoms with Crippen LogP contribution in [0.5, 0.6) is 0 Å². The van der Waals surface area contributed by atoms with E-state index >= 15 is 0 Å². The van der Waals surface area contributed by atoms with E-state index in [9.17, 15) is 0 Å². The van der Waals surface area contributed by atoms with Crippen molar-refractivity contribution >= 4 is 0 Å². The molecule has 2 saturated heterocycles. The van der Waals surface area contributed by atoms with Crippen molar-refractivity contribution in [1.29, 1.82) is 0 Å². The maximum Gasteiger partial charge on any atom is 0.0235 e. The minimum absolute atomic E-state index is 0.780. The average molecular weight is 218 g/mol. The van der Waals surface area contributed by atoms with E-state index in [1.807, 2.05) is 0 Å². The Morgan fingerprint density at radius 2 is 2.31 bits per heavy atom. The van der Waals surface area contributed by atoms with Crippen LogP contribution in [0.1, 0.15) is 25.7 Å². The quantitative estimate of drug-likeness (QED) is 0.762. The second-order valence-corrected chi connectivity index (χ2v) is 5.42. The van der Waals surface area contributed by atoms with Crippen LogP contribution in [0.2, 0.25) is 0 Å². The Kier molecular flexibility index (Phi) is 3.11. The minimum Gasteiger partial charge on any atom is -0.312 e. The zero-order chi connectivity index (χ0) is 10.8. The van der Waals surface area contributed by atoms with Gasteiger partial charge in [0.15, 0.2) is 0 Å². The van der Waals surface area contributed by atoms with Crippen LogP contribution in [-0.2, 0) is 0 Å². The first-order valence-corrected chi connectivity index (χ1v) is 6.73. The third-order valence-corrected chi connectivity index (χ3v) is 4.15. The number of allylic oxidation sites excluding steroid dienone is 2. The van der Waals surface area contributed by atoms with Gasteiger partial charge in [0, 0.05) is 25.7 Å². The molecule has 88 valence electrons. The number of nitrogens with zero attached hydrogens (tertiary/aromatic N) is 1. The van der Waals surface area contributed by atoms with Gasteiger partial charge in [-0.1, -0.05) is 18.2 Å². The molecule has 3 rings (SSSR count). The van der Waals surface area contributed by atoms with E-state index in [1.165, 1.54) is 57.4 Å². The molecule has 1 unspecified atom stereocenters. The fraction of sp³-hybridized carbons (Fsp3) is 0.714. The van der Waals surface area contributed by atoms with Crippen LogP contribution < -0.4 is 5.32 Å². The van der Waals surface area contributed by atoms with Gasteiger partial charge in [0.1, 0.15) is 0 Å². The first-order chi connectivity index (χ1) is 7.92. The molecule has 0 bridgehead atoms. The van der Waals surface area contributed by atoms with E-state index in [1.54, 1.807) is 0 Å². The molecule has 0 aromatic rings. The number of hydrogen-bond acceptors (Lipinski definition) is 2. The van der Waals surface area contributed by atoms with Gasteiger partial charge in [-0.25, -0.2) is 0 Å². The van der Waals surface area contributed by atoms with Crippen molar-refractivity contribution in [1.82, 2.24) is 10.2 Å². The van der Waals surface area contributed by atoms with Crippen molar-refractivity contribution in [3.63, 3.8) is 0 Å². The molecule has 0 amide bonds. The van der Waals surface area contributed by atoms with E-state index in [0.717, 1.165) is 12.0 Å². The molecule has 1 aliphatic carbocycles. The summed E-state index contributed by atoms with van der Waals surface area (Å²) in [5.41, 5.74) is 1.53. The maximum absolute atomic E-state index is 3.67. The standard InChI is InChI=1S/C14H22N2/c1-2-5-12(6-3-1)9-16-10-13-7-4-8-15-14(13)11-16/h2,5-6,13-15H,1,3-4,7-11H2/t13-,14?/m0/s1. The van der Waals surface area contributed by atoms with Gasteiger partial charge in [-0.2, -0.15) is 0 Å². The number of piperidine rings is 1. The molecule has 2 heterocycles. The monoisotopic (exact) mass is 218 g/mol. The van der Waals surface area contributed by atoms with Crippen molar-refractivity contribution in [2.75, 3.05) is 26.2 Å². The molecule has 0 spiro atoms. The van der Waals surface area contributed by atoms with Crippen molar-refractivity contribution in [2.24, 2.45) is 5.92 Å². The van der Waals surface area contributed by atoms with Crippen LogP contribution in [-0.4, -0.2) is 37.1 Å². The summed E-state index contributed by atoms with van der Waals surface area (Å²) in [7, 11) is 0. The second-order valence-electron chi connectivity index (χ2n) is 5.42. The van der Waals surface area contributed by atoms with Crippen molar-refractivity contribution in [2.45, 2.75) is 31.7 Å². The van der Waals surface area contributed by atoms with Gasteiger partial charge in [0.2, 0.25) is 0 Å². The van der Waals surface area contributed by atoms with Crippen LogP contribution >= 0.6 is 0 Å². The number of fused-ring (bicyclic) bond motifs is 1. The van der Waals surface area contributed by atoms with E-state index in [2.05, 4.69) is 28.4 Å². The number of hydrogen-bond donors (Lipinski definition) is 1. The molecule has 2 atom stereocenters. The number of rotatable bonds is 2. The molecule has 0 saturated carbocycles. The van der Waals surface area contributed by atoms with Gasteiger partial charge in [-0.05, 0) is 43.7 Å². The summed E-state index contributed by atoms with van der Waals surface area (Å²) in [5.74, 6) is 0.918. The van der Waals surface area contributed by atoms with Crippen molar-refractivity contribution in [3.8, 4) is 0 Å². The van der Waals surface area contributed by atoms with Gasteiger partial charge in [0.25, 0.3) is 0 Å². The fourth-order valence-corrected chi connectivity index (χ4v) is 3.31. The van der Waals surface area contributed by atoms with E-state index in [4.69, 9.17) is 0 Å². The Morgan fingerprint density at radius 3 is 3.12 bits per heavy atom. The van der Waals surface area contributed by atoms with E-state index in [-0.39, 0.29) is 0 Å². The smallest absolute Gasteiger partial charge is 0.0235 e. The molecule has 2 aliphatic heterocycles. The van der Waals surface area contributed by atoms with Gasteiger partial charge in [-0.15, -0.1) is 0 Å². The molecule has 16 heavy (non-hydrogen) atoms. The predicted molar refractivity (Wildman–Crippen MR) is 67.4 cm³/mol. The third kappa shape index (κ3) is 2.23. The van der Waals surface area contributed by atoms with Crippen LogP contribution in [0.4, 0.5) is 0 Å². The van der Waals surface area contributed by atoms with E-state index < -0.39 is 0 Å². The lowest BCUT2D eigenvalue weighted by molar-refractivity contribution is 0.334. The summed E-state index contributed by atoms with van der Waals surface area (Å²) in [6, 6.07) is 0.780. The van der Waals surface area contributed by atoms with Crippen LogP contribution in [0.25, 0.3) is 0 Å². The molecule has 2 fully saturated rings. The van der Waals surface area contributed by atoms with E-state index in [0.29, 0.717) is 0 Å². The Labute approximate surface area is 98.4 Å². The van der Waals surface area contributed by atoms with Gasteiger partial charge >= 0.3 is 0 Å². The summed E-state index contributed by atoms with van der Waals surface area (Å²) >= 11 is 0. The summed E-state index contributed by atoms with van der Waals surface area (Å²) in [4.78, 5) is 2.63. The largest absolute Gasteiger partial charge is 0.312 e. The molecule has 2 heteroatoms. The molecule has 1 N–H and O–H groups in total. The molecule has 0 radical (unpaired) electrons. The summed E-state index contributed by atoms with van der Waals surface area (Å²) in [6.45, 7) is 4.97. The fourth-order valence-electron chi connectivity index (χ4n) is 3.31. The lowest BCUT2D eigenvalue weighted by Gasteiger charge is -2.24. The highest BCUT2D eigenvalue weighted by molar-refractivity contribution is 5.24. The first kappa shape index (κ1) is 10.5. The lowest BCUT2D eigenvalue weighted by Crippen LogP contribution is -2.40. The molecular weight excluding hydrogens is 196 g/mol. The normalized spacial score (nSPS) is 34.9. The highest BCUT2D eigenvalue weighted by Gasteiger charge is 2.33. The highest BCUT2D eigenvalue weighted by Crippen LogP contribution is 2.25. The average Bonchev–Trinajstić information content (AvgIpc) is 2.72. The number of nitrogens with one attached hydrogen (secondary N) is 1. The van der Waals surface area contributed by atoms with Crippen LogP contribution in [0, 0.1) is 5.92 Å². The van der Waals surface area contributed by atoms with Gasteiger partial charge in [0.05, 0.1) is 0 Å². The molecular formula is C14H22N2. The SMILES string of the molecule is C1=CC(CN2CC3NCCC[C@H]3C2)=CCC1. The third-order valence-electron chi connectivity index (χ3n) is 4.15. The Morgan fingerprint density at radius 1 is 1.31 bits per heavy atom. The van der Waals surface area contributed by atoms with Gasteiger partial charge in [-0.3, -0.25) is 4.90 Å². The Balaban J connectivity index is 1.57. The van der Waals surface area contributed by atoms with Crippen LogP contribution in [0.15, 0.2) is 23.8 Å². The van der Waals surface area contributed by atoms with Crippen LogP contribution in [0.3, 0.4) is 0 Å². The highest BCUT2D eigenvalue weighted by atomic mass is 15.2. The number of likely N-dealkylation sites (tertiary alicyclic amines) is 1.